The summed E-state index contributed by atoms with van der Waals surface area (Å²) in [6.45, 7) is 0.384. The van der Waals surface area contributed by atoms with E-state index in [0.29, 0.717) is 36.9 Å². The zero-order valence-electron chi connectivity index (χ0n) is 11.2. The van der Waals surface area contributed by atoms with Crippen molar-refractivity contribution >= 4 is 5.78 Å². The molecule has 0 radical (unpaired) electrons. The number of rotatable bonds is 3. The van der Waals surface area contributed by atoms with Crippen LogP contribution in [-0.4, -0.2) is 35.5 Å². The molecule has 2 aromatic heterocycles. The largest absolute Gasteiger partial charge is 0.343 e. The Morgan fingerprint density at radius 1 is 1.35 bits per heavy atom. The molecule has 3 rings (SSSR count). The van der Waals surface area contributed by atoms with Gasteiger partial charge in [-0.1, -0.05) is 5.21 Å². The number of Topliss-reactive ketones (excluding diaryl/α,β-unsaturated/α-hetero) is 1. The SMILES string of the molecule is Cn1nc(Cn2cc(C3CCC(=O)CC3)nn2)[nH]c1=O. The van der Waals surface area contributed by atoms with E-state index in [9.17, 15) is 9.59 Å². The molecule has 0 unspecified atom stereocenters. The van der Waals surface area contributed by atoms with Crippen LogP contribution in [0.25, 0.3) is 0 Å². The van der Waals surface area contributed by atoms with Crippen molar-refractivity contribution in [2.45, 2.75) is 38.1 Å². The van der Waals surface area contributed by atoms with Gasteiger partial charge in [-0.05, 0) is 12.8 Å². The third-order valence-electron chi connectivity index (χ3n) is 3.65. The van der Waals surface area contributed by atoms with Gasteiger partial charge < -0.3 is 0 Å². The van der Waals surface area contributed by atoms with Crippen molar-refractivity contribution in [1.82, 2.24) is 29.8 Å². The molecular formula is C12H16N6O2. The third-order valence-corrected chi connectivity index (χ3v) is 3.65. The molecule has 0 amide bonds. The van der Waals surface area contributed by atoms with Crippen LogP contribution in [0.2, 0.25) is 0 Å². The average Bonchev–Trinajstić information content (AvgIpc) is 2.99. The number of carbonyl (C=O) groups is 1. The first-order chi connectivity index (χ1) is 9.61. The molecule has 8 nitrogen and oxygen atoms in total. The Bertz CT molecular complexity index is 672. The van der Waals surface area contributed by atoms with Crippen LogP contribution in [0, 0.1) is 0 Å². The number of hydrogen-bond donors (Lipinski definition) is 1. The van der Waals surface area contributed by atoms with Crippen LogP contribution < -0.4 is 5.69 Å². The zero-order chi connectivity index (χ0) is 14.1. The van der Waals surface area contributed by atoms with Crippen molar-refractivity contribution < 1.29 is 4.79 Å². The summed E-state index contributed by atoms with van der Waals surface area (Å²) in [6, 6.07) is 0. The van der Waals surface area contributed by atoms with Crippen LogP contribution in [0.4, 0.5) is 0 Å². The molecule has 2 aromatic rings. The van der Waals surface area contributed by atoms with Crippen LogP contribution in [0.5, 0.6) is 0 Å². The molecule has 0 bridgehead atoms. The number of carbonyl (C=O) groups excluding carboxylic acids is 1. The number of hydrogen-bond acceptors (Lipinski definition) is 5. The fourth-order valence-corrected chi connectivity index (χ4v) is 2.49. The molecule has 20 heavy (non-hydrogen) atoms. The highest BCUT2D eigenvalue weighted by Crippen LogP contribution is 2.29. The van der Waals surface area contributed by atoms with Crippen LogP contribution >= 0.6 is 0 Å². The zero-order valence-corrected chi connectivity index (χ0v) is 11.2. The number of nitrogens with zero attached hydrogens (tertiary/aromatic N) is 5. The first-order valence-electron chi connectivity index (χ1n) is 6.66. The van der Waals surface area contributed by atoms with E-state index < -0.39 is 0 Å². The number of H-pyrrole nitrogens is 1. The Morgan fingerprint density at radius 3 is 2.75 bits per heavy atom. The number of ketones is 1. The van der Waals surface area contributed by atoms with E-state index >= 15 is 0 Å². The van der Waals surface area contributed by atoms with Crippen molar-refractivity contribution in [3.63, 3.8) is 0 Å². The first-order valence-corrected chi connectivity index (χ1v) is 6.66. The molecule has 8 heteroatoms. The van der Waals surface area contributed by atoms with Gasteiger partial charge in [0.1, 0.15) is 12.3 Å². The van der Waals surface area contributed by atoms with E-state index in [1.54, 1.807) is 11.7 Å². The lowest BCUT2D eigenvalue weighted by molar-refractivity contribution is -0.120. The molecule has 106 valence electrons. The Morgan fingerprint density at radius 2 is 2.10 bits per heavy atom. The summed E-state index contributed by atoms with van der Waals surface area (Å²) in [5.74, 6) is 1.19. The minimum absolute atomic E-state index is 0.244. The fraction of sp³-hybridized carbons (Fsp3) is 0.583. The molecule has 0 aromatic carbocycles. The molecule has 0 spiro atoms. The summed E-state index contributed by atoms with van der Waals surface area (Å²) >= 11 is 0. The molecule has 0 saturated heterocycles. The summed E-state index contributed by atoms with van der Waals surface area (Å²) in [5, 5.41) is 12.3. The fourth-order valence-electron chi connectivity index (χ4n) is 2.49. The van der Waals surface area contributed by atoms with Gasteiger partial charge >= 0.3 is 5.69 Å². The highest BCUT2D eigenvalue weighted by Gasteiger charge is 2.22. The normalized spacial score (nSPS) is 16.8. The second kappa shape index (κ2) is 5.03. The quantitative estimate of drug-likeness (QED) is 0.849. The molecular weight excluding hydrogens is 260 g/mol. The summed E-state index contributed by atoms with van der Waals surface area (Å²) in [5.41, 5.74) is 0.668. The summed E-state index contributed by atoms with van der Waals surface area (Å²) in [7, 11) is 1.59. The van der Waals surface area contributed by atoms with Gasteiger partial charge in [-0.3, -0.25) is 9.78 Å². The lowest BCUT2D eigenvalue weighted by Gasteiger charge is -2.17. The Hall–Kier alpha value is -2.25. The molecule has 2 heterocycles. The maximum absolute atomic E-state index is 11.3. The maximum Gasteiger partial charge on any atom is 0.343 e. The second-order valence-electron chi connectivity index (χ2n) is 5.15. The van der Waals surface area contributed by atoms with E-state index in [4.69, 9.17) is 0 Å². The summed E-state index contributed by atoms with van der Waals surface area (Å²) < 4.78 is 2.91. The molecule has 1 aliphatic carbocycles. The van der Waals surface area contributed by atoms with Gasteiger partial charge in [-0.25, -0.2) is 14.2 Å². The van der Waals surface area contributed by atoms with Gasteiger partial charge in [0.15, 0.2) is 5.82 Å². The van der Waals surface area contributed by atoms with E-state index in [1.165, 1.54) is 4.68 Å². The minimum atomic E-state index is -0.244. The van der Waals surface area contributed by atoms with Gasteiger partial charge in [0.05, 0.1) is 5.69 Å². The molecule has 0 aliphatic heterocycles. The minimum Gasteiger partial charge on any atom is -0.300 e. The van der Waals surface area contributed by atoms with Gasteiger partial charge in [-0.2, -0.15) is 5.10 Å². The molecule has 0 atom stereocenters. The Balaban J connectivity index is 1.70. The molecule has 1 aliphatic rings. The average molecular weight is 276 g/mol. The van der Waals surface area contributed by atoms with Gasteiger partial charge in [0, 0.05) is 32.0 Å². The predicted molar refractivity (Wildman–Crippen MR) is 69.2 cm³/mol. The van der Waals surface area contributed by atoms with Crippen LogP contribution in [0.3, 0.4) is 0 Å². The number of aromatic nitrogens is 6. The third kappa shape index (κ3) is 2.54. The van der Waals surface area contributed by atoms with E-state index in [1.807, 2.05) is 6.20 Å². The van der Waals surface area contributed by atoms with Crippen molar-refractivity contribution in [1.29, 1.82) is 0 Å². The Labute approximate surface area is 114 Å². The summed E-state index contributed by atoms with van der Waals surface area (Å²) in [6.07, 6.45) is 4.82. The van der Waals surface area contributed by atoms with Crippen molar-refractivity contribution in [2.24, 2.45) is 7.05 Å². The maximum atomic E-state index is 11.3. The topological polar surface area (TPSA) is 98.5 Å². The molecule has 1 fully saturated rings. The highest BCUT2D eigenvalue weighted by atomic mass is 16.1. The van der Waals surface area contributed by atoms with E-state index in [-0.39, 0.29) is 5.69 Å². The molecule has 1 N–H and O–H groups in total. The second-order valence-corrected chi connectivity index (χ2v) is 5.15. The number of aromatic amines is 1. The van der Waals surface area contributed by atoms with Crippen molar-refractivity contribution in [3.05, 3.63) is 28.2 Å². The number of aryl methyl sites for hydroxylation is 1. The standard InChI is InChI=1S/C12H16N6O2/c1-17-12(20)13-11(15-17)7-18-6-10(14-16-18)8-2-4-9(19)5-3-8/h6,8H,2-5,7H2,1H3,(H,13,15,20). The van der Waals surface area contributed by atoms with Crippen LogP contribution in [-0.2, 0) is 18.4 Å². The molecule has 1 saturated carbocycles. The van der Waals surface area contributed by atoms with Crippen LogP contribution in [0.15, 0.2) is 11.0 Å². The van der Waals surface area contributed by atoms with Gasteiger partial charge in [0.25, 0.3) is 0 Å². The van der Waals surface area contributed by atoms with Gasteiger partial charge in [0.2, 0.25) is 0 Å². The van der Waals surface area contributed by atoms with Crippen molar-refractivity contribution in [2.75, 3.05) is 0 Å². The lowest BCUT2D eigenvalue weighted by Crippen LogP contribution is -2.13. The Kier molecular flexibility index (Phi) is 3.21. The lowest BCUT2D eigenvalue weighted by atomic mass is 9.86. The van der Waals surface area contributed by atoms with Crippen LogP contribution in [0.1, 0.15) is 43.1 Å². The first kappa shape index (κ1) is 12.8. The predicted octanol–water partition coefficient (Wildman–Crippen LogP) is -0.0251. The van der Waals surface area contributed by atoms with Gasteiger partial charge in [-0.15, -0.1) is 5.10 Å². The van der Waals surface area contributed by atoms with E-state index in [0.717, 1.165) is 18.5 Å². The monoisotopic (exact) mass is 276 g/mol. The smallest absolute Gasteiger partial charge is 0.300 e. The summed E-state index contributed by atoms with van der Waals surface area (Å²) in [4.78, 5) is 25.2. The van der Waals surface area contributed by atoms with Crippen molar-refractivity contribution in [3.8, 4) is 0 Å². The number of nitrogens with one attached hydrogen (secondary N) is 1. The van der Waals surface area contributed by atoms with E-state index in [2.05, 4.69) is 20.4 Å². The highest BCUT2D eigenvalue weighted by molar-refractivity contribution is 5.79.